The number of hydrogen-bond donors (Lipinski definition) is 1. The van der Waals surface area contributed by atoms with E-state index in [0.717, 1.165) is 26.7 Å². The molecule has 0 aliphatic carbocycles. The number of thioether (sulfide) groups is 1. The second-order valence-electron chi connectivity index (χ2n) is 8.15. The van der Waals surface area contributed by atoms with E-state index in [4.69, 9.17) is 34.0 Å². The Labute approximate surface area is 223 Å². The van der Waals surface area contributed by atoms with Crippen molar-refractivity contribution in [2.45, 2.75) is 24.1 Å². The van der Waals surface area contributed by atoms with E-state index in [1.807, 2.05) is 72.6 Å². The van der Waals surface area contributed by atoms with Crippen molar-refractivity contribution in [2.75, 3.05) is 11.6 Å². The van der Waals surface area contributed by atoms with E-state index in [0.29, 0.717) is 28.1 Å². The minimum Gasteiger partial charge on any atom is -0.330 e. The van der Waals surface area contributed by atoms with Gasteiger partial charge in [0.1, 0.15) is 14.9 Å². The third-order valence-corrected chi connectivity index (χ3v) is 8.83. The highest BCUT2D eigenvalue weighted by Gasteiger charge is 2.53. The predicted octanol–water partition coefficient (Wildman–Crippen LogP) is 7.05. The zero-order valence-electron chi connectivity index (χ0n) is 18.9. The van der Waals surface area contributed by atoms with Crippen LogP contribution in [0.3, 0.4) is 0 Å². The number of aryl methyl sites for hydroxylation is 1. The first-order chi connectivity index (χ1) is 17.0. The Morgan fingerprint density at radius 2 is 1.74 bits per heavy atom. The van der Waals surface area contributed by atoms with Gasteiger partial charge in [0, 0.05) is 21.5 Å². The number of rotatable bonds is 7. The number of hydrazone groups is 1. The van der Waals surface area contributed by atoms with Gasteiger partial charge in [-0.25, -0.2) is 5.01 Å². The van der Waals surface area contributed by atoms with Crippen LogP contribution in [0.15, 0.2) is 84.0 Å². The first-order valence-corrected chi connectivity index (χ1v) is 13.6. The number of hydrogen-bond acceptors (Lipinski definition) is 7. The van der Waals surface area contributed by atoms with E-state index in [1.54, 1.807) is 11.8 Å². The van der Waals surface area contributed by atoms with Gasteiger partial charge in [-0.15, -0.1) is 10.2 Å². The van der Waals surface area contributed by atoms with E-state index in [2.05, 4.69) is 28.4 Å². The van der Waals surface area contributed by atoms with Crippen molar-refractivity contribution in [3.05, 3.63) is 111 Å². The summed E-state index contributed by atoms with van der Waals surface area (Å²) >= 11 is 16.4. The molecule has 2 atom stereocenters. The summed E-state index contributed by atoms with van der Waals surface area (Å²) in [6, 6.07) is 26.1. The number of nitrogens with two attached hydrogens (primary N) is 1. The fourth-order valence-corrected chi connectivity index (χ4v) is 7.17. The van der Waals surface area contributed by atoms with Crippen LogP contribution in [0.4, 0.5) is 5.13 Å². The highest BCUT2D eigenvalue weighted by atomic mass is 35.5. The summed E-state index contributed by atoms with van der Waals surface area (Å²) in [5, 5.41) is 19.8. The van der Waals surface area contributed by atoms with Crippen LogP contribution >= 0.6 is 46.3 Å². The lowest BCUT2D eigenvalue weighted by molar-refractivity contribution is 0.451. The van der Waals surface area contributed by atoms with Crippen LogP contribution in [0.5, 0.6) is 0 Å². The number of benzene rings is 3. The Kier molecular flexibility index (Phi) is 7.14. The van der Waals surface area contributed by atoms with Gasteiger partial charge in [0.15, 0.2) is 0 Å². The summed E-state index contributed by atoms with van der Waals surface area (Å²) in [6.45, 7) is 2.43. The molecule has 2 unspecified atom stereocenters. The van der Waals surface area contributed by atoms with Crippen LogP contribution in [0.2, 0.25) is 10.0 Å². The monoisotopic (exact) mass is 539 g/mol. The molecule has 0 amide bonds. The standard InChI is InChI=1S/C26H23Cl2N5S2/c1-17-30-31-25(34-17)33-26(19-9-3-2-4-10-19,22(14-15-29)21-12-5-6-13-23(21)28)35-24(32-33)18-8-7-11-20(27)16-18/h2-13,16,22H,14-15,29H2,1H3. The van der Waals surface area contributed by atoms with Gasteiger partial charge in [0.2, 0.25) is 5.13 Å². The van der Waals surface area contributed by atoms with Gasteiger partial charge in [-0.2, -0.15) is 5.10 Å². The second kappa shape index (κ2) is 10.3. The van der Waals surface area contributed by atoms with Crippen LogP contribution < -0.4 is 10.7 Å². The zero-order valence-corrected chi connectivity index (χ0v) is 22.1. The lowest BCUT2D eigenvalue weighted by Crippen LogP contribution is -2.44. The molecule has 4 aromatic rings. The van der Waals surface area contributed by atoms with Crippen molar-refractivity contribution in [1.82, 2.24) is 10.2 Å². The van der Waals surface area contributed by atoms with Crippen molar-refractivity contribution < 1.29 is 0 Å². The Balaban J connectivity index is 1.78. The maximum Gasteiger partial charge on any atom is 0.230 e. The van der Waals surface area contributed by atoms with Gasteiger partial charge in [0.05, 0.1) is 0 Å². The van der Waals surface area contributed by atoms with E-state index in [1.165, 1.54) is 11.3 Å². The Hall–Kier alpha value is -2.42. The van der Waals surface area contributed by atoms with Gasteiger partial charge in [-0.1, -0.05) is 107 Å². The molecule has 3 aromatic carbocycles. The first-order valence-electron chi connectivity index (χ1n) is 11.2. The SMILES string of the molecule is Cc1nnc(N2N=C(c3cccc(Cl)c3)SC2(c2ccccc2)C(CCN)c2ccccc2Cl)s1. The highest BCUT2D eigenvalue weighted by Crippen LogP contribution is 2.58. The molecule has 1 aliphatic heterocycles. The van der Waals surface area contributed by atoms with Gasteiger partial charge in [-0.05, 0) is 49.2 Å². The van der Waals surface area contributed by atoms with Crippen molar-refractivity contribution in [3.63, 3.8) is 0 Å². The average molecular weight is 541 g/mol. The summed E-state index contributed by atoms with van der Waals surface area (Å²) in [6.07, 6.45) is 0.693. The van der Waals surface area contributed by atoms with Crippen LogP contribution in [0.25, 0.3) is 0 Å². The highest BCUT2D eigenvalue weighted by molar-refractivity contribution is 8.15. The third-order valence-electron chi connectivity index (χ3n) is 5.92. The number of aromatic nitrogens is 2. The lowest BCUT2D eigenvalue weighted by Gasteiger charge is -2.42. The molecule has 35 heavy (non-hydrogen) atoms. The van der Waals surface area contributed by atoms with Crippen molar-refractivity contribution >= 4 is 56.5 Å². The molecule has 5 rings (SSSR count). The van der Waals surface area contributed by atoms with Gasteiger partial charge < -0.3 is 5.73 Å². The molecule has 2 N–H and O–H groups in total. The Bertz CT molecular complexity index is 1360. The Morgan fingerprint density at radius 1 is 0.971 bits per heavy atom. The minimum absolute atomic E-state index is 0.0989. The summed E-state index contributed by atoms with van der Waals surface area (Å²) < 4.78 is 0. The van der Waals surface area contributed by atoms with Crippen LogP contribution in [0.1, 0.15) is 34.0 Å². The molecule has 0 spiro atoms. The molecule has 9 heteroatoms. The second-order valence-corrected chi connectivity index (χ2v) is 11.4. The fraction of sp³-hybridized carbons (Fsp3) is 0.192. The normalized spacial score (nSPS) is 18.5. The van der Waals surface area contributed by atoms with E-state index in [-0.39, 0.29) is 5.92 Å². The maximum absolute atomic E-state index is 6.81. The molecule has 5 nitrogen and oxygen atoms in total. The van der Waals surface area contributed by atoms with E-state index >= 15 is 0 Å². The van der Waals surface area contributed by atoms with Crippen molar-refractivity contribution in [2.24, 2.45) is 10.8 Å². The summed E-state index contributed by atoms with van der Waals surface area (Å²) in [4.78, 5) is -0.699. The number of halogens is 2. The molecule has 1 aromatic heterocycles. The molecule has 178 valence electrons. The third kappa shape index (κ3) is 4.59. The van der Waals surface area contributed by atoms with Gasteiger partial charge in [-0.3, -0.25) is 0 Å². The number of anilines is 1. The zero-order chi connectivity index (χ0) is 24.4. The summed E-state index contributed by atoms with van der Waals surface area (Å²) in [5.74, 6) is -0.0989. The first kappa shape index (κ1) is 24.3. The van der Waals surface area contributed by atoms with E-state index in [9.17, 15) is 0 Å². The average Bonchev–Trinajstić information content (AvgIpc) is 3.48. The fourth-order valence-electron chi connectivity index (χ4n) is 4.44. The molecule has 2 heterocycles. The predicted molar refractivity (Wildman–Crippen MR) is 149 cm³/mol. The van der Waals surface area contributed by atoms with E-state index < -0.39 is 4.87 Å². The summed E-state index contributed by atoms with van der Waals surface area (Å²) in [7, 11) is 0. The smallest absolute Gasteiger partial charge is 0.230 e. The maximum atomic E-state index is 6.81. The quantitative estimate of drug-likeness (QED) is 0.272. The lowest BCUT2D eigenvalue weighted by atomic mass is 9.83. The van der Waals surface area contributed by atoms with Crippen LogP contribution in [0, 0.1) is 6.92 Å². The largest absolute Gasteiger partial charge is 0.330 e. The van der Waals surface area contributed by atoms with Crippen LogP contribution in [-0.2, 0) is 4.87 Å². The Morgan fingerprint density at radius 3 is 2.43 bits per heavy atom. The number of nitrogens with zero attached hydrogens (tertiary/aromatic N) is 4. The molecule has 1 aliphatic rings. The van der Waals surface area contributed by atoms with Crippen LogP contribution in [-0.4, -0.2) is 21.8 Å². The molecular weight excluding hydrogens is 517 g/mol. The molecular formula is C26H23Cl2N5S2. The molecule has 0 saturated carbocycles. The van der Waals surface area contributed by atoms with Crippen molar-refractivity contribution in [1.29, 1.82) is 0 Å². The molecule has 0 saturated heterocycles. The van der Waals surface area contributed by atoms with Crippen molar-refractivity contribution in [3.8, 4) is 0 Å². The van der Waals surface area contributed by atoms with Gasteiger partial charge in [0.25, 0.3) is 0 Å². The molecule has 0 fully saturated rings. The van der Waals surface area contributed by atoms with Gasteiger partial charge >= 0.3 is 0 Å². The minimum atomic E-state index is -0.699. The topological polar surface area (TPSA) is 67.4 Å². The molecule has 0 bridgehead atoms. The molecule has 0 radical (unpaired) electrons. The summed E-state index contributed by atoms with van der Waals surface area (Å²) in [5.41, 5.74) is 9.26.